The summed E-state index contributed by atoms with van der Waals surface area (Å²) in [6.45, 7) is -0.0394. The van der Waals surface area contributed by atoms with Gasteiger partial charge in [-0.15, -0.1) is 0 Å². The van der Waals surface area contributed by atoms with E-state index in [4.69, 9.17) is 25.3 Å². The van der Waals surface area contributed by atoms with E-state index in [1.807, 2.05) is 0 Å². The summed E-state index contributed by atoms with van der Waals surface area (Å²) in [6, 6.07) is 0. The van der Waals surface area contributed by atoms with Crippen LogP contribution in [-0.2, 0) is 9.13 Å². The molecule has 0 amide bonds. The van der Waals surface area contributed by atoms with Gasteiger partial charge >= 0.3 is 74.3 Å². The van der Waals surface area contributed by atoms with E-state index in [9.17, 15) is 14.2 Å². The molecule has 0 fully saturated rings. The number of hydrogen-bond donors (Lipinski definition) is 6. The van der Waals surface area contributed by atoms with Crippen molar-refractivity contribution in [1.82, 2.24) is 0 Å². The molecule has 0 aromatic carbocycles. The van der Waals surface area contributed by atoms with Gasteiger partial charge in [0.15, 0.2) is 0 Å². The molecule has 0 aromatic heterocycles. The van der Waals surface area contributed by atoms with Gasteiger partial charge in [-0.1, -0.05) is 0 Å². The number of nitrogens with two attached hydrogens (primary N) is 1. The van der Waals surface area contributed by atoms with Gasteiger partial charge in [-0.2, -0.15) is 0 Å². The zero-order valence-corrected chi connectivity index (χ0v) is 15.9. The smallest absolute Gasteiger partial charge is 1.00 e. The van der Waals surface area contributed by atoms with E-state index >= 15 is 0 Å². The van der Waals surface area contributed by atoms with Crippen molar-refractivity contribution in [3.05, 3.63) is 0 Å². The Labute approximate surface area is 151 Å². The third kappa shape index (κ3) is 8.43. The molecule has 0 saturated carbocycles. The first-order valence-electron chi connectivity index (χ1n) is 3.60. The molecule has 0 aliphatic heterocycles. The first-order chi connectivity index (χ1) is 6.06. The van der Waals surface area contributed by atoms with Crippen molar-refractivity contribution in [2.75, 3.05) is 6.54 Å². The van der Waals surface area contributed by atoms with Crippen molar-refractivity contribution in [3.63, 3.8) is 0 Å². The summed E-state index contributed by atoms with van der Waals surface area (Å²) in [5.74, 6) is 0. The van der Waals surface area contributed by atoms with E-state index in [0.29, 0.717) is 0 Å². The van der Waals surface area contributed by atoms with Crippen LogP contribution < -0.4 is 64.8 Å². The van der Waals surface area contributed by atoms with Crippen LogP contribution in [0.15, 0.2) is 0 Å². The van der Waals surface area contributed by atoms with E-state index in [0.717, 1.165) is 0 Å². The Morgan fingerprint density at radius 2 is 1.28 bits per heavy atom. The summed E-state index contributed by atoms with van der Waals surface area (Å²) in [5.41, 5.74) is 5.01. The van der Waals surface area contributed by atoms with Crippen LogP contribution in [0.25, 0.3) is 0 Å². The Hall–Kier alpha value is 2.14. The van der Waals surface area contributed by atoms with Gasteiger partial charge in [0, 0.05) is 6.42 Å². The molecule has 0 aliphatic rings. The summed E-state index contributed by atoms with van der Waals surface area (Å²) in [5, 5.41) is 5.91. The minimum Gasteiger partial charge on any atom is -1.00 e. The molecule has 0 spiro atoms. The Morgan fingerprint density at radius 3 is 1.44 bits per heavy atom. The van der Waals surface area contributed by atoms with E-state index < -0.39 is 26.7 Å². The van der Waals surface area contributed by atoms with Gasteiger partial charge in [0.1, 0.15) is 0 Å². The maximum absolute atomic E-state index is 10.7. The molecule has 0 atom stereocenters. The van der Waals surface area contributed by atoms with Crippen molar-refractivity contribution in [1.29, 1.82) is 0 Å². The monoisotopic (exact) mass is 333 g/mol. The predicted molar refractivity (Wildman–Crippen MR) is 56.8 cm³/mol. The van der Waals surface area contributed by atoms with Crippen molar-refractivity contribution < 1.29 is 107 Å². The van der Waals surface area contributed by atoms with E-state index in [1.54, 1.807) is 0 Å². The molecule has 0 unspecified atom stereocenters. The number of hydrogen-bond acceptors (Lipinski definition) is 4. The van der Waals surface area contributed by atoms with Gasteiger partial charge in [0.2, 0.25) is 0 Å². The fraction of sp³-hybridized carbons (Fsp3) is 1.00. The first-order valence-corrected chi connectivity index (χ1v) is 6.82. The van der Waals surface area contributed by atoms with Crippen molar-refractivity contribution in [3.8, 4) is 0 Å². The summed E-state index contributed by atoms with van der Waals surface area (Å²) in [4.78, 5) is 34.5. The molecular formula is C4H19NNa2O9P2. The SMILES string of the molecule is NCCCC(O)(P(=O)(O)O)P(=O)(O)O.O.O.[H-].[H-].[Na+].[Na+]. The molecule has 11 N–H and O–H groups in total. The van der Waals surface area contributed by atoms with Gasteiger partial charge in [-0.05, 0) is 13.0 Å². The van der Waals surface area contributed by atoms with Crippen LogP contribution >= 0.6 is 15.2 Å². The van der Waals surface area contributed by atoms with Gasteiger partial charge in [0.25, 0.3) is 5.08 Å². The van der Waals surface area contributed by atoms with Crippen molar-refractivity contribution in [2.24, 2.45) is 5.73 Å². The van der Waals surface area contributed by atoms with Gasteiger partial charge in [0.05, 0.1) is 0 Å². The molecule has 0 aliphatic carbocycles. The zero-order valence-electron chi connectivity index (χ0n) is 12.1. The standard InChI is InChI=1S/C4H13NO7P2.2Na.2H2O.2H/c5-3-1-2-4(6,13(7,8)9)14(10,11)12;;;;;;/h6H,1-3,5H2,(H2,7,8,9)(H2,10,11,12);;;2*1H2;;/q;2*+1;;;2*-1. The first kappa shape index (κ1) is 32.2. The normalized spacial score (nSPS) is 11.2. The van der Waals surface area contributed by atoms with Crippen LogP contribution in [0.2, 0.25) is 0 Å². The molecule has 18 heavy (non-hydrogen) atoms. The van der Waals surface area contributed by atoms with Crippen LogP contribution in [-0.4, -0.2) is 47.3 Å². The number of aliphatic hydroxyl groups is 1. The second-order valence-corrected chi connectivity index (χ2v) is 6.76. The van der Waals surface area contributed by atoms with Gasteiger partial charge in [-0.25, -0.2) is 0 Å². The molecule has 0 heterocycles. The van der Waals surface area contributed by atoms with E-state index in [-0.39, 0.29) is 85.9 Å². The van der Waals surface area contributed by atoms with Crippen LogP contribution in [0.5, 0.6) is 0 Å². The maximum Gasteiger partial charge on any atom is 1.00 e. The van der Waals surface area contributed by atoms with Crippen molar-refractivity contribution in [2.45, 2.75) is 17.9 Å². The van der Waals surface area contributed by atoms with Crippen molar-refractivity contribution >= 4 is 15.2 Å². The molecule has 0 saturated heterocycles. The topological polar surface area (TPSA) is 224 Å². The molecule has 10 nitrogen and oxygen atoms in total. The van der Waals surface area contributed by atoms with Crippen LogP contribution in [0.4, 0.5) is 0 Å². The van der Waals surface area contributed by atoms with Gasteiger partial charge in [-0.3, -0.25) is 9.13 Å². The largest absolute Gasteiger partial charge is 1.00 e. The second-order valence-electron chi connectivity index (χ2n) is 2.75. The Kier molecular flexibility index (Phi) is 21.0. The summed E-state index contributed by atoms with van der Waals surface area (Å²) in [7, 11) is -10.6. The zero-order chi connectivity index (χ0) is 11.6. The predicted octanol–water partition coefficient (Wildman–Crippen LogP) is -8.69. The quantitative estimate of drug-likeness (QED) is 0.209. The Balaban J connectivity index is -0.0000000563. The average Bonchev–Trinajstić information content (AvgIpc) is 1.95. The number of rotatable bonds is 5. The van der Waals surface area contributed by atoms with Crippen LogP contribution in [0.1, 0.15) is 15.7 Å². The molecule has 0 rings (SSSR count). The molecule has 14 heteroatoms. The Bertz CT molecular complexity index is 278. The van der Waals surface area contributed by atoms with Crippen LogP contribution in [0, 0.1) is 0 Å². The molecule has 0 radical (unpaired) electrons. The van der Waals surface area contributed by atoms with E-state index in [2.05, 4.69) is 0 Å². The fourth-order valence-corrected chi connectivity index (χ4v) is 3.06. The van der Waals surface area contributed by atoms with Crippen LogP contribution in [0.3, 0.4) is 0 Å². The third-order valence-electron chi connectivity index (χ3n) is 1.65. The third-order valence-corrected chi connectivity index (χ3v) is 5.53. The maximum atomic E-state index is 10.7. The average molecular weight is 333 g/mol. The minimum atomic E-state index is -5.30. The second kappa shape index (κ2) is 11.8. The molecular weight excluding hydrogens is 314 g/mol. The molecule has 0 aromatic rings. The van der Waals surface area contributed by atoms with E-state index in [1.165, 1.54) is 0 Å². The minimum absolute atomic E-state index is 0. The molecule has 106 valence electrons. The fourth-order valence-electron chi connectivity index (χ4n) is 0.800. The summed E-state index contributed by atoms with van der Waals surface area (Å²) >= 11 is 0. The summed E-state index contributed by atoms with van der Waals surface area (Å²) in [6.07, 6.45) is -0.856. The Morgan fingerprint density at radius 1 is 1.00 bits per heavy atom. The van der Waals surface area contributed by atoms with Gasteiger partial charge < -0.3 is 44.2 Å². The molecule has 0 bridgehead atoms. The summed E-state index contributed by atoms with van der Waals surface area (Å²) < 4.78 is 21.4.